The maximum atomic E-state index is 13.7. The number of carbonyl (C=O) groups is 4. The minimum Gasteiger partial charge on any atom is -0.453 e. The van der Waals surface area contributed by atoms with Crippen LogP contribution in [-0.4, -0.2) is 92.1 Å². The predicted octanol–water partition coefficient (Wildman–Crippen LogP) is 9.30. The van der Waals surface area contributed by atoms with E-state index in [0.29, 0.717) is 23.7 Å². The molecule has 0 radical (unpaired) electrons. The molecular formula is C50H68FeN8O6. The number of hydrogen-bond donors (Lipinski definition) is 4. The fraction of sp³-hybridized carbons (Fsp3) is 0.640. The Balaban J connectivity index is 0.000000175. The number of fused-ring (bicyclic) bond motifs is 6. The molecule has 6 fully saturated rings. The van der Waals surface area contributed by atoms with E-state index in [-0.39, 0.29) is 64.9 Å². The molecule has 65 heavy (non-hydrogen) atoms. The Morgan fingerprint density at radius 1 is 0.600 bits per heavy atom. The van der Waals surface area contributed by atoms with Crippen molar-refractivity contribution in [2.24, 2.45) is 23.7 Å². The van der Waals surface area contributed by atoms with Gasteiger partial charge in [-0.2, -0.15) is 0 Å². The molecule has 14 nitrogen and oxygen atoms in total. The zero-order chi connectivity index (χ0) is 44.8. The molecule has 2 aromatic heterocycles. The second-order valence-corrected chi connectivity index (χ2v) is 20.3. The van der Waals surface area contributed by atoms with Crippen molar-refractivity contribution in [3.8, 4) is 0 Å². The summed E-state index contributed by atoms with van der Waals surface area (Å²) in [6, 6.07) is 12.3. The number of carbonyl (C=O) groups excluding carboxylic acids is 4. The van der Waals surface area contributed by atoms with Gasteiger partial charge in [-0.3, -0.25) is 9.59 Å². The Hall–Kier alpha value is -4.62. The number of alkyl carbamates (subject to hydrolysis) is 2. The minimum atomic E-state index is -0.609. The Morgan fingerprint density at radius 2 is 0.985 bits per heavy atom. The van der Waals surface area contributed by atoms with Gasteiger partial charge in [-0.1, -0.05) is 65.5 Å². The fourth-order valence-corrected chi connectivity index (χ4v) is 12.4. The van der Waals surface area contributed by atoms with E-state index in [0.717, 1.165) is 72.2 Å². The van der Waals surface area contributed by atoms with Crippen molar-refractivity contribution in [1.29, 1.82) is 0 Å². The van der Waals surface area contributed by atoms with E-state index in [4.69, 9.17) is 19.4 Å². The normalized spacial score (nSPS) is 25.8. The summed E-state index contributed by atoms with van der Waals surface area (Å²) in [4.78, 5) is 72.1. The molecular weight excluding hydrogens is 864 g/mol. The number of ether oxygens (including phenoxy) is 2. The van der Waals surface area contributed by atoms with Crippen molar-refractivity contribution < 1.29 is 45.7 Å². The molecule has 352 valence electrons. The molecule has 8 unspecified atom stereocenters. The van der Waals surface area contributed by atoms with Gasteiger partial charge in [0.2, 0.25) is 11.8 Å². The van der Waals surface area contributed by atoms with Gasteiger partial charge in [0, 0.05) is 29.2 Å². The Labute approximate surface area is 393 Å². The van der Waals surface area contributed by atoms with Gasteiger partial charge in [0.25, 0.3) is 0 Å². The Kier molecular flexibility index (Phi) is 14.2. The molecule has 4 N–H and O–H groups in total. The summed E-state index contributed by atoms with van der Waals surface area (Å²) in [7, 11) is 2.65. The van der Waals surface area contributed by atoms with Gasteiger partial charge in [-0.25, -0.2) is 19.6 Å². The summed E-state index contributed by atoms with van der Waals surface area (Å²) < 4.78 is 9.54. The quantitative estimate of drug-likeness (QED) is 0.114. The molecule has 0 spiro atoms. The second-order valence-electron chi connectivity index (χ2n) is 20.3. The van der Waals surface area contributed by atoms with Crippen LogP contribution in [0.25, 0.3) is 22.1 Å². The van der Waals surface area contributed by atoms with Gasteiger partial charge in [0.1, 0.15) is 23.7 Å². The molecule has 4 aliphatic carbocycles. The number of rotatable bonds is 10. The topological polar surface area (TPSA) is 175 Å². The molecule has 6 aliphatic rings. The van der Waals surface area contributed by atoms with Crippen LogP contribution < -0.4 is 10.6 Å². The molecule has 2 aliphatic heterocycles. The third-order valence-electron chi connectivity index (χ3n) is 15.7. The molecule has 8 atom stereocenters. The van der Waals surface area contributed by atoms with E-state index in [9.17, 15) is 19.2 Å². The first kappa shape index (κ1) is 46.9. The van der Waals surface area contributed by atoms with Crippen LogP contribution in [0.5, 0.6) is 0 Å². The molecule has 10 rings (SSSR count). The molecule has 2 saturated heterocycles. The maximum absolute atomic E-state index is 13.7. The van der Waals surface area contributed by atoms with Gasteiger partial charge in [-0.15, -0.1) is 0 Å². The molecule has 2 aromatic carbocycles. The van der Waals surface area contributed by atoms with E-state index in [1.165, 1.54) is 76.7 Å². The number of imidazole rings is 2. The molecule has 4 saturated carbocycles. The number of H-pyrrole nitrogens is 2. The first-order chi connectivity index (χ1) is 30.9. The average Bonchev–Trinajstić information content (AvgIpc) is 4.15. The number of methoxy groups -OCH3 is 2. The maximum Gasteiger partial charge on any atom is 0.407 e. The number of amides is 4. The van der Waals surface area contributed by atoms with Crippen LogP contribution >= 0.6 is 0 Å². The van der Waals surface area contributed by atoms with E-state index in [2.05, 4.69) is 57.0 Å². The van der Waals surface area contributed by atoms with Crippen LogP contribution in [-0.2, 0) is 36.1 Å². The van der Waals surface area contributed by atoms with Gasteiger partial charge in [0.05, 0.1) is 48.4 Å². The molecule has 4 amide bonds. The largest absolute Gasteiger partial charge is 0.453 e. The predicted molar refractivity (Wildman–Crippen MR) is 244 cm³/mol. The van der Waals surface area contributed by atoms with Gasteiger partial charge >= 0.3 is 12.2 Å². The van der Waals surface area contributed by atoms with Crippen LogP contribution in [0.3, 0.4) is 0 Å². The number of piperidine rings is 2. The molecule has 4 heterocycles. The van der Waals surface area contributed by atoms with Crippen LogP contribution in [0, 0.1) is 23.7 Å². The summed E-state index contributed by atoms with van der Waals surface area (Å²) in [5.41, 5.74) is 6.84. The van der Waals surface area contributed by atoms with Crippen molar-refractivity contribution in [1.82, 2.24) is 40.4 Å². The number of benzene rings is 2. The summed E-state index contributed by atoms with van der Waals surface area (Å²) >= 11 is 0. The third kappa shape index (κ3) is 9.25. The average molecular weight is 933 g/mol. The summed E-state index contributed by atoms with van der Waals surface area (Å²) in [6.07, 6.45) is 15.5. The smallest absolute Gasteiger partial charge is 0.407 e. The minimum absolute atomic E-state index is 0. The molecule has 4 aromatic rings. The first-order valence-corrected chi connectivity index (χ1v) is 24.2. The van der Waals surface area contributed by atoms with Gasteiger partial charge in [-0.05, 0) is 135 Å². The van der Waals surface area contributed by atoms with Crippen molar-refractivity contribution >= 4 is 46.1 Å². The third-order valence-corrected chi connectivity index (χ3v) is 15.7. The number of nitrogens with one attached hydrogen (secondary N) is 4. The van der Waals surface area contributed by atoms with E-state index >= 15 is 0 Å². The summed E-state index contributed by atoms with van der Waals surface area (Å²) in [5.74, 6) is 3.75. The standard InChI is InChI=1S/2C25H34N4O3.Fe/c2*1-14(2)21(28-25(31)32-3)24(30)29-18-10-8-17(12-18)22(29)23-26-19-11-9-16(13-20(19)27-23)15-6-4-5-7-15;/h2*9,11,13-15,17-18,21-22H,4-8,10,12H2,1-3H3,(H,26,27)(H,28,31);. The molecule has 4 bridgehead atoms. The van der Waals surface area contributed by atoms with Gasteiger partial charge in [0.15, 0.2) is 0 Å². The van der Waals surface area contributed by atoms with Crippen molar-refractivity contribution in [3.05, 3.63) is 59.2 Å². The first-order valence-electron chi connectivity index (χ1n) is 24.2. The zero-order valence-electron chi connectivity index (χ0n) is 38.9. The van der Waals surface area contributed by atoms with Gasteiger partial charge < -0.3 is 39.9 Å². The second kappa shape index (κ2) is 19.7. The number of nitrogens with zero attached hydrogens (tertiary/aromatic N) is 4. The van der Waals surface area contributed by atoms with Crippen LogP contribution in [0.4, 0.5) is 9.59 Å². The Morgan fingerprint density at radius 3 is 1.34 bits per heavy atom. The van der Waals surface area contributed by atoms with Crippen molar-refractivity contribution in [2.45, 2.75) is 166 Å². The van der Waals surface area contributed by atoms with E-state index in [1.807, 2.05) is 37.5 Å². The monoisotopic (exact) mass is 932 g/mol. The molecule has 15 heteroatoms. The fourth-order valence-electron chi connectivity index (χ4n) is 12.4. The summed E-state index contributed by atoms with van der Waals surface area (Å²) in [6.45, 7) is 7.81. The number of aromatic amines is 2. The SMILES string of the molecule is COC(=O)NC(C(=O)N1C2CCC(C2)C1c1nc2ccc(C3CCCC3)cc2[nH]1)C(C)C.COC(=O)NC(C(=O)N1C2CCC(C2)C1c1nc2ccc(C3CCCC3)cc2[nH]1)C(C)C.[Fe]. The number of hydrogen-bond acceptors (Lipinski definition) is 8. The van der Waals surface area contributed by atoms with Crippen LogP contribution in [0.1, 0.15) is 164 Å². The van der Waals surface area contributed by atoms with Crippen LogP contribution in [0.15, 0.2) is 36.4 Å². The number of aromatic nitrogens is 4. The van der Waals surface area contributed by atoms with Crippen molar-refractivity contribution in [3.63, 3.8) is 0 Å². The van der Waals surface area contributed by atoms with Crippen LogP contribution in [0.2, 0.25) is 0 Å². The Bertz CT molecular complexity index is 2190. The number of likely N-dealkylation sites (tertiary alicyclic amines) is 2. The van der Waals surface area contributed by atoms with E-state index in [1.54, 1.807) is 0 Å². The van der Waals surface area contributed by atoms with E-state index < -0.39 is 24.3 Å². The zero-order valence-corrected chi connectivity index (χ0v) is 40.0. The van der Waals surface area contributed by atoms with Crippen molar-refractivity contribution in [2.75, 3.05) is 14.2 Å². The summed E-state index contributed by atoms with van der Waals surface area (Å²) in [5, 5.41) is 5.51.